The highest BCUT2D eigenvalue weighted by atomic mass is 35.5. The Hall–Kier alpha value is -2.01. The predicted molar refractivity (Wildman–Crippen MR) is 69.9 cm³/mol. The van der Waals surface area contributed by atoms with E-state index in [1.165, 1.54) is 25.3 Å². The molecule has 0 aliphatic carbocycles. The van der Waals surface area contributed by atoms with E-state index in [1.54, 1.807) is 12.1 Å². The highest BCUT2D eigenvalue weighted by Gasteiger charge is 2.06. The number of benzene rings is 1. The molecule has 6 heteroatoms. The number of methoxy groups -OCH3 is 1. The van der Waals surface area contributed by atoms with E-state index < -0.39 is 0 Å². The van der Waals surface area contributed by atoms with Gasteiger partial charge < -0.3 is 15.8 Å². The van der Waals surface area contributed by atoms with E-state index in [1.807, 2.05) is 0 Å². The summed E-state index contributed by atoms with van der Waals surface area (Å²) in [6, 6.07) is 7.32. The highest BCUT2D eigenvalue weighted by Crippen LogP contribution is 2.27. The van der Waals surface area contributed by atoms with Crippen molar-refractivity contribution in [2.24, 2.45) is 0 Å². The Morgan fingerprint density at radius 1 is 1.33 bits per heavy atom. The van der Waals surface area contributed by atoms with Crippen LogP contribution in [0.1, 0.15) is 0 Å². The molecular formula is C12H11ClFN3O. The SMILES string of the molecule is COc1nc(Nc2cc(F)ccc2Cl)ccc1N. The summed E-state index contributed by atoms with van der Waals surface area (Å²) in [5.74, 6) is 0.380. The lowest BCUT2D eigenvalue weighted by Crippen LogP contribution is -2.00. The average molecular weight is 268 g/mol. The molecule has 1 aromatic heterocycles. The van der Waals surface area contributed by atoms with Gasteiger partial charge in [-0.05, 0) is 30.3 Å². The molecule has 0 spiro atoms. The van der Waals surface area contributed by atoms with Crippen LogP contribution in [0.5, 0.6) is 5.88 Å². The van der Waals surface area contributed by atoms with E-state index >= 15 is 0 Å². The van der Waals surface area contributed by atoms with Crippen molar-refractivity contribution in [2.75, 3.05) is 18.2 Å². The molecule has 0 atom stereocenters. The molecule has 3 N–H and O–H groups in total. The molecule has 0 saturated carbocycles. The van der Waals surface area contributed by atoms with Gasteiger partial charge in [0.2, 0.25) is 5.88 Å². The largest absolute Gasteiger partial charge is 0.479 e. The zero-order valence-electron chi connectivity index (χ0n) is 9.58. The summed E-state index contributed by atoms with van der Waals surface area (Å²) in [4.78, 5) is 4.12. The van der Waals surface area contributed by atoms with Crippen molar-refractivity contribution in [1.29, 1.82) is 0 Å². The summed E-state index contributed by atoms with van der Waals surface area (Å²) < 4.78 is 18.1. The van der Waals surface area contributed by atoms with Gasteiger partial charge in [0, 0.05) is 0 Å². The molecule has 94 valence electrons. The smallest absolute Gasteiger partial charge is 0.238 e. The third-order valence-corrected chi connectivity index (χ3v) is 2.60. The monoisotopic (exact) mass is 267 g/mol. The van der Waals surface area contributed by atoms with Crippen molar-refractivity contribution < 1.29 is 9.13 Å². The summed E-state index contributed by atoms with van der Waals surface area (Å²) in [6.45, 7) is 0. The molecule has 0 saturated heterocycles. The minimum atomic E-state index is -0.385. The van der Waals surface area contributed by atoms with Crippen molar-refractivity contribution in [2.45, 2.75) is 0 Å². The number of anilines is 3. The van der Waals surface area contributed by atoms with Crippen LogP contribution in [0.2, 0.25) is 5.02 Å². The first-order valence-electron chi connectivity index (χ1n) is 5.12. The number of aromatic nitrogens is 1. The molecular weight excluding hydrogens is 257 g/mol. The molecule has 1 heterocycles. The van der Waals surface area contributed by atoms with E-state index in [9.17, 15) is 4.39 Å². The summed E-state index contributed by atoms with van der Waals surface area (Å²) in [5.41, 5.74) is 6.50. The van der Waals surface area contributed by atoms with E-state index in [2.05, 4.69) is 10.3 Å². The van der Waals surface area contributed by atoms with Crippen LogP contribution in [0.3, 0.4) is 0 Å². The quantitative estimate of drug-likeness (QED) is 0.896. The third-order valence-electron chi connectivity index (χ3n) is 2.27. The first kappa shape index (κ1) is 12.4. The number of nitrogen functional groups attached to an aromatic ring is 1. The number of ether oxygens (including phenoxy) is 1. The van der Waals surface area contributed by atoms with Crippen molar-refractivity contribution in [3.05, 3.63) is 41.2 Å². The summed E-state index contributed by atoms with van der Waals surface area (Å²) in [5, 5.41) is 3.29. The first-order valence-corrected chi connectivity index (χ1v) is 5.50. The van der Waals surface area contributed by atoms with Gasteiger partial charge in [0.25, 0.3) is 0 Å². The molecule has 0 radical (unpaired) electrons. The summed E-state index contributed by atoms with van der Waals surface area (Å²) in [7, 11) is 1.47. The third kappa shape index (κ3) is 2.62. The van der Waals surface area contributed by atoms with Crippen molar-refractivity contribution in [3.8, 4) is 5.88 Å². The second-order valence-corrected chi connectivity index (χ2v) is 3.95. The van der Waals surface area contributed by atoms with Crippen LogP contribution in [-0.4, -0.2) is 12.1 Å². The van der Waals surface area contributed by atoms with Crippen LogP contribution < -0.4 is 15.8 Å². The van der Waals surface area contributed by atoms with Gasteiger partial charge in [0.15, 0.2) is 0 Å². The minimum Gasteiger partial charge on any atom is -0.479 e. The van der Waals surface area contributed by atoms with Gasteiger partial charge in [-0.1, -0.05) is 11.6 Å². The molecule has 0 amide bonds. The van der Waals surface area contributed by atoms with Crippen LogP contribution in [0.4, 0.5) is 21.6 Å². The minimum absolute atomic E-state index is 0.299. The fraction of sp³-hybridized carbons (Fsp3) is 0.0833. The van der Waals surface area contributed by atoms with Crippen LogP contribution >= 0.6 is 11.6 Å². The Labute approximate surface area is 109 Å². The van der Waals surface area contributed by atoms with Crippen LogP contribution in [-0.2, 0) is 0 Å². The topological polar surface area (TPSA) is 60.2 Å². The van der Waals surface area contributed by atoms with E-state index in [4.69, 9.17) is 22.1 Å². The van der Waals surface area contributed by atoms with Gasteiger partial charge in [-0.2, -0.15) is 4.98 Å². The molecule has 2 rings (SSSR count). The molecule has 0 aliphatic heterocycles. The predicted octanol–water partition coefficient (Wildman–Crippen LogP) is 3.21. The number of hydrogen-bond donors (Lipinski definition) is 2. The lowest BCUT2D eigenvalue weighted by molar-refractivity contribution is 0.401. The van der Waals surface area contributed by atoms with Crippen molar-refractivity contribution in [1.82, 2.24) is 4.98 Å². The van der Waals surface area contributed by atoms with Crippen LogP contribution in [0.25, 0.3) is 0 Å². The zero-order chi connectivity index (χ0) is 13.1. The standard InChI is InChI=1S/C12H11ClFN3O/c1-18-12-9(15)4-5-11(17-12)16-10-6-7(14)2-3-8(10)13/h2-6H,15H2,1H3,(H,16,17). The molecule has 0 fully saturated rings. The number of nitrogens with two attached hydrogens (primary N) is 1. The second-order valence-electron chi connectivity index (χ2n) is 3.54. The van der Waals surface area contributed by atoms with Gasteiger partial charge in [-0.3, -0.25) is 0 Å². The van der Waals surface area contributed by atoms with E-state index in [0.717, 1.165) is 0 Å². The molecule has 0 bridgehead atoms. The Morgan fingerprint density at radius 2 is 2.11 bits per heavy atom. The lowest BCUT2D eigenvalue weighted by atomic mass is 10.3. The lowest BCUT2D eigenvalue weighted by Gasteiger charge is -2.10. The fourth-order valence-electron chi connectivity index (χ4n) is 1.42. The maximum Gasteiger partial charge on any atom is 0.238 e. The number of rotatable bonds is 3. The molecule has 0 aliphatic rings. The van der Waals surface area contributed by atoms with Gasteiger partial charge in [-0.15, -0.1) is 0 Å². The Bertz CT molecular complexity index is 577. The van der Waals surface area contributed by atoms with Crippen LogP contribution in [0, 0.1) is 5.82 Å². The summed E-state index contributed by atoms with van der Waals surface area (Å²) >= 11 is 5.94. The van der Waals surface area contributed by atoms with Crippen molar-refractivity contribution in [3.63, 3.8) is 0 Å². The molecule has 0 unspecified atom stereocenters. The Morgan fingerprint density at radius 3 is 2.83 bits per heavy atom. The number of nitrogens with one attached hydrogen (secondary N) is 1. The maximum atomic E-state index is 13.1. The number of pyridine rings is 1. The van der Waals surface area contributed by atoms with Crippen molar-refractivity contribution >= 4 is 28.8 Å². The number of nitrogens with zero attached hydrogens (tertiary/aromatic N) is 1. The maximum absolute atomic E-state index is 13.1. The van der Waals surface area contributed by atoms with Gasteiger partial charge in [0.05, 0.1) is 23.5 Å². The van der Waals surface area contributed by atoms with Gasteiger partial charge in [0.1, 0.15) is 11.6 Å². The normalized spacial score (nSPS) is 10.2. The molecule has 4 nitrogen and oxygen atoms in total. The molecule has 2 aromatic rings. The first-order chi connectivity index (χ1) is 8.60. The number of halogens is 2. The number of hydrogen-bond acceptors (Lipinski definition) is 4. The zero-order valence-corrected chi connectivity index (χ0v) is 10.3. The average Bonchev–Trinajstić information content (AvgIpc) is 2.36. The van der Waals surface area contributed by atoms with Crippen LogP contribution in [0.15, 0.2) is 30.3 Å². The van der Waals surface area contributed by atoms with Gasteiger partial charge in [-0.25, -0.2) is 4.39 Å². The summed E-state index contributed by atoms with van der Waals surface area (Å²) in [6.07, 6.45) is 0. The second kappa shape index (κ2) is 5.10. The molecule has 1 aromatic carbocycles. The fourth-order valence-corrected chi connectivity index (χ4v) is 1.58. The Kier molecular flexibility index (Phi) is 3.53. The Balaban J connectivity index is 2.31. The van der Waals surface area contributed by atoms with Gasteiger partial charge >= 0.3 is 0 Å². The van der Waals surface area contributed by atoms with E-state index in [0.29, 0.717) is 28.1 Å². The highest BCUT2D eigenvalue weighted by molar-refractivity contribution is 6.33. The molecule has 18 heavy (non-hydrogen) atoms. The van der Waals surface area contributed by atoms with E-state index in [-0.39, 0.29) is 5.82 Å².